The Balaban J connectivity index is 1.73. The molecule has 0 saturated carbocycles. The average Bonchev–Trinajstić information content (AvgIpc) is 3.24. The van der Waals surface area contributed by atoms with Crippen LogP contribution in [0.15, 0.2) is 78.9 Å². The van der Waals surface area contributed by atoms with Gasteiger partial charge in [0.05, 0.1) is 11.4 Å². The molecule has 4 aromatic rings. The standard InChI is InChI=1S/C30H30N2O/c1-20(2)24-18-16-21(3)28-29(24)31-32(27(33)19-17-22-10-5-4-6-11-22)30(28)26-15-9-13-23-12-7-8-14-25(23)26/h4-15,17,19-21,24H,16,18H2,1-3H3/b19-17-/t21-,24-/m1/s1. The molecule has 33 heavy (non-hydrogen) atoms. The van der Waals surface area contributed by atoms with E-state index in [0.717, 1.165) is 40.7 Å². The number of carbonyl (C=O) groups is 1. The van der Waals surface area contributed by atoms with Gasteiger partial charge in [0, 0.05) is 23.1 Å². The number of hydrogen-bond donors (Lipinski definition) is 0. The molecule has 0 aliphatic heterocycles. The van der Waals surface area contributed by atoms with E-state index in [1.807, 2.05) is 36.4 Å². The minimum absolute atomic E-state index is 0.106. The Kier molecular flexibility index (Phi) is 5.72. The number of allylic oxidation sites excluding steroid dienone is 1. The molecule has 0 fully saturated rings. The highest BCUT2D eigenvalue weighted by atomic mass is 16.2. The molecular weight excluding hydrogens is 404 g/mol. The summed E-state index contributed by atoms with van der Waals surface area (Å²) in [4.78, 5) is 13.6. The highest BCUT2D eigenvalue weighted by Crippen LogP contribution is 2.47. The third-order valence-electron chi connectivity index (χ3n) is 6.98. The van der Waals surface area contributed by atoms with Crippen LogP contribution in [0.1, 0.15) is 67.1 Å². The molecule has 1 aliphatic carbocycles. The fourth-order valence-corrected chi connectivity index (χ4v) is 5.22. The fraction of sp³-hybridized carbons (Fsp3) is 0.267. The molecule has 3 heteroatoms. The summed E-state index contributed by atoms with van der Waals surface area (Å²) >= 11 is 0. The van der Waals surface area contributed by atoms with E-state index in [9.17, 15) is 4.79 Å². The molecular formula is C30H30N2O. The van der Waals surface area contributed by atoms with Crippen molar-refractivity contribution in [1.82, 2.24) is 9.78 Å². The normalized spacial score (nSPS) is 18.2. The molecule has 0 spiro atoms. The number of nitrogens with zero attached hydrogens (tertiary/aromatic N) is 2. The number of carbonyl (C=O) groups excluding carboxylic acids is 1. The van der Waals surface area contributed by atoms with Crippen LogP contribution in [0.4, 0.5) is 0 Å². The Bertz CT molecular complexity index is 1320. The smallest absolute Gasteiger partial charge is 0.267 e. The van der Waals surface area contributed by atoms with Gasteiger partial charge in [0.2, 0.25) is 0 Å². The maximum atomic E-state index is 13.6. The Morgan fingerprint density at radius 1 is 0.970 bits per heavy atom. The molecule has 0 amide bonds. The monoisotopic (exact) mass is 434 g/mol. The van der Waals surface area contributed by atoms with Gasteiger partial charge < -0.3 is 0 Å². The van der Waals surface area contributed by atoms with Crippen LogP contribution in [0.5, 0.6) is 0 Å². The number of rotatable bonds is 4. The molecule has 0 N–H and O–H groups in total. The first-order valence-electron chi connectivity index (χ1n) is 11.9. The first-order chi connectivity index (χ1) is 16.0. The van der Waals surface area contributed by atoms with Gasteiger partial charge in [0.25, 0.3) is 5.91 Å². The van der Waals surface area contributed by atoms with Crippen molar-refractivity contribution < 1.29 is 4.79 Å². The largest absolute Gasteiger partial charge is 0.271 e. The van der Waals surface area contributed by atoms with Gasteiger partial charge in [-0.15, -0.1) is 0 Å². The molecule has 2 atom stereocenters. The molecule has 1 aromatic heterocycles. The second-order valence-corrected chi connectivity index (χ2v) is 9.50. The lowest BCUT2D eigenvalue weighted by Gasteiger charge is -2.29. The van der Waals surface area contributed by atoms with Crippen LogP contribution < -0.4 is 0 Å². The summed E-state index contributed by atoms with van der Waals surface area (Å²) in [5.74, 6) is 1.11. The summed E-state index contributed by atoms with van der Waals surface area (Å²) in [6.07, 6.45) is 5.76. The van der Waals surface area contributed by atoms with Crippen LogP contribution in [0.3, 0.4) is 0 Å². The van der Waals surface area contributed by atoms with Crippen LogP contribution in [0, 0.1) is 5.92 Å². The molecule has 0 saturated heterocycles. The van der Waals surface area contributed by atoms with Gasteiger partial charge in [0.15, 0.2) is 0 Å². The van der Waals surface area contributed by atoms with E-state index in [1.165, 1.54) is 10.9 Å². The van der Waals surface area contributed by atoms with Crippen molar-refractivity contribution in [3.8, 4) is 11.3 Å². The van der Waals surface area contributed by atoms with Crippen LogP contribution >= 0.6 is 0 Å². The molecule has 1 heterocycles. The van der Waals surface area contributed by atoms with Gasteiger partial charge in [0.1, 0.15) is 0 Å². The van der Waals surface area contributed by atoms with Gasteiger partial charge in [-0.05, 0) is 47.1 Å². The predicted molar refractivity (Wildman–Crippen MR) is 136 cm³/mol. The number of benzene rings is 3. The first kappa shape index (κ1) is 21.4. The van der Waals surface area contributed by atoms with Gasteiger partial charge in [-0.3, -0.25) is 4.79 Å². The summed E-state index contributed by atoms with van der Waals surface area (Å²) < 4.78 is 1.67. The third-order valence-corrected chi connectivity index (χ3v) is 6.98. The Morgan fingerprint density at radius 2 is 1.70 bits per heavy atom. The van der Waals surface area contributed by atoms with Gasteiger partial charge in [-0.1, -0.05) is 93.6 Å². The lowest BCUT2D eigenvalue weighted by Crippen LogP contribution is -2.17. The molecule has 3 aromatic carbocycles. The minimum Gasteiger partial charge on any atom is -0.267 e. The Hall–Kier alpha value is -3.46. The average molecular weight is 435 g/mol. The SMILES string of the molecule is CC(C)[C@H]1CC[C@@H](C)c2c1nn(C(=O)/C=C\c1ccccc1)c2-c1cccc2ccccc12. The molecule has 5 rings (SSSR count). The Morgan fingerprint density at radius 3 is 2.48 bits per heavy atom. The van der Waals surface area contributed by atoms with Crippen molar-refractivity contribution in [1.29, 1.82) is 0 Å². The topological polar surface area (TPSA) is 34.9 Å². The summed E-state index contributed by atoms with van der Waals surface area (Å²) in [7, 11) is 0. The molecule has 0 radical (unpaired) electrons. The van der Waals surface area contributed by atoms with Gasteiger partial charge >= 0.3 is 0 Å². The van der Waals surface area contributed by atoms with Crippen LogP contribution in [-0.4, -0.2) is 15.7 Å². The maximum Gasteiger partial charge on any atom is 0.271 e. The zero-order chi connectivity index (χ0) is 22.9. The summed E-state index contributed by atoms with van der Waals surface area (Å²) in [6.45, 7) is 6.80. The van der Waals surface area contributed by atoms with Crippen molar-refractivity contribution in [2.45, 2.75) is 45.4 Å². The summed E-state index contributed by atoms with van der Waals surface area (Å²) in [5, 5.41) is 7.34. The number of aromatic nitrogens is 2. The van der Waals surface area contributed by atoms with Crippen molar-refractivity contribution in [2.75, 3.05) is 0 Å². The van der Waals surface area contributed by atoms with E-state index >= 15 is 0 Å². The second-order valence-electron chi connectivity index (χ2n) is 9.50. The number of fused-ring (bicyclic) bond motifs is 2. The molecule has 0 bridgehead atoms. The summed E-state index contributed by atoms with van der Waals surface area (Å²) in [6, 6.07) is 24.7. The van der Waals surface area contributed by atoms with Gasteiger partial charge in [-0.2, -0.15) is 9.78 Å². The predicted octanol–water partition coefficient (Wildman–Crippen LogP) is 7.69. The van der Waals surface area contributed by atoms with Crippen molar-refractivity contribution in [2.24, 2.45) is 5.92 Å². The van der Waals surface area contributed by atoms with E-state index in [1.54, 1.807) is 10.8 Å². The molecule has 1 aliphatic rings. The lowest BCUT2D eigenvalue weighted by molar-refractivity contribution is 0.0956. The first-order valence-corrected chi connectivity index (χ1v) is 11.9. The fourth-order valence-electron chi connectivity index (χ4n) is 5.22. The highest BCUT2D eigenvalue weighted by Gasteiger charge is 2.35. The van der Waals surface area contributed by atoms with Gasteiger partial charge in [-0.25, -0.2) is 0 Å². The Labute approximate surface area is 195 Å². The second kappa shape index (κ2) is 8.82. The van der Waals surface area contributed by atoms with Crippen molar-refractivity contribution in [3.63, 3.8) is 0 Å². The van der Waals surface area contributed by atoms with Crippen LogP contribution in [0.2, 0.25) is 0 Å². The van der Waals surface area contributed by atoms with E-state index < -0.39 is 0 Å². The zero-order valence-electron chi connectivity index (χ0n) is 19.5. The molecule has 0 unspecified atom stereocenters. The van der Waals surface area contributed by atoms with E-state index in [2.05, 4.69) is 63.2 Å². The maximum absolute atomic E-state index is 13.6. The minimum atomic E-state index is -0.106. The van der Waals surface area contributed by atoms with Crippen molar-refractivity contribution in [3.05, 3.63) is 95.7 Å². The highest BCUT2D eigenvalue weighted by molar-refractivity contribution is 6.01. The molecule has 166 valence electrons. The van der Waals surface area contributed by atoms with Crippen LogP contribution in [-0.2, 0) is 0 Å². The molecule has 3 nitrogen and oxygen atoms in total. The van der Waals surface area contributed by atoms with Crippen LogP contribution in [0.25, 0.3) is 28.1 Å². The van der Waals surface area contributed by atoms with E-state index in [-0.39, 0.29) is 5.91 Å². The number of hydrogen-bond acceptors (Lipinski definition) is 2. The van der Waals surface area contributed by atoms with E-state index in [0.29, 0.717) is 17.8 Å². The van der Waals surface area contributed by atoms with E-state index in [4.69, 9.17) is 5.10 Å². The van der Waals surface area contributed by atoms with Crippen molar-refractivity contribution >= 4 is 22.8 Å². The lowest BCUT2D eigenvalue weighted by atomic mass is 9.75. The zero-order valence-corrected chi connectivity index (χ0v) is 19.5. The summed E-state index contributed by atoms with van der Waals surface area (Å²) in [5.41, 5.74) is 5.40. The quantitative estimate of drug-likeness (QED) is 0.309. The third kappa shape index (κ3) is 3.93.